The van der Waals surface area contributed by atoms with Crippen LogP contribution in [0.4, 0.5) is 0 Å². The van der Waals surface area contributed by atoms with Gasteiger partial charge >= 0.3 is 0 Å². The molecule has 1 atom stereocenters. The Morgan fingerprint density at radius 3 is 2.91 bits per heavy atom. The molecule has 1 aliphatic heterocycles. The summed E-state index contributed by atoms with van der Waals surface area (Å²) in [6, 6.07) is 7.58. The average molecular weight is 324 g/mol. The molecule has 0 aromatic heterocycles. The molecule has 1 aromatic rings. The number of benzene rings is 1. The van der Waals surface area contributed by atoms with Crippen LogP contribution in [-0.2, 0) is 16.0 Å². The van der Waals surface area contributed by atoms with Gasteiger partial charge < -0.3 is 15.1 Å². The van der Waals surface area contributed by atoms with Gasteiger partial charge in [0.15, 0.2) is 0 Å². The Hall–Kier alpha value is -1.59. The number of nitrogens with one attached hydrogen (secondary N) is 1. The summed E-state index contributed by atoms with van der Waals surface area (Å²) in [5.74, 6) is 0.0525. The second-order valence-corrected chi connectivity index (χ2v) is 6.36. The van der Waals surface area contributed by atoms with Gasteiger partial charge in [-0.05, 0) is 38.2 Å². The molecule has 0 saturated carbocycles. The molecule has 1 unspecified atom stereocenters. The lowest BCUT2D eigenvalue weighted by atomic mass is 10.1. The van der Waals surface area contributed by atoms with E-state index in [-0.39, 0.29) is 17.9 Å². The highest BCUT2D eigenvalue weighted by molar-refractivity contribution is 6.30. The van der Waals surface area contributed by atoms with Crippen molar-refractivity contribution in [3.05, 3.63) is 34.9 Å². The van der Waals surface area contributed by atoms with E-state index in [2.05, 4.69) is 5.32 Å². The number of rotatable bonds is 6. The second kappa shape index (κ2) is 7.61. The molecule has 2 amide bonds. The van der Waals surface area contributed by atoms with Crippen molar-refractivity contribution in [2.24, 2.45) is 0 Å². The van der Waals surface area contributed by atoms with Gasteiger partial charge in [0.25, 0.3) is 0 Å². The summed E-state index contributed by atoms with van der Waals surface area (Å²) in [5.41, 5.74) is 1.11. The second-order valence-electron chi connectivity index (χ2n) is 5.93. The Labute approximate surface area is 136 Å². The zero-order valence-corrected chi connectivity index (χ0v) is 13.8. The molecule has 2 rings (SSSR count). The number of likely N-dealkylation sites (N-methyl/N-ethyl adjacent to an activating group) is 1. The summed E-state index contributed by atoms with van der Waals surface area (Å²) in [7, 11) is 3.69. The monoisotopic (exact) mass is 323 g/mol. The fourth-order valence-electron chi connectivity index (χ4n) is 2.60. The summed E-state index contributed by atoms with van der Waals surface area (Å²) >= 11 is 5.96. The van der Waals surface area contributed by atoms with Crippen LogP contribution in [0.15, 0.2) is 24.3 Å². The molecule has 6 heteroatoms. The van der Waals surface area contributed by atoms with Crippen molar-refractivity contribution in [3.8, 4) is 0 Å². The minimum absolute atomic E-state index is 0.0421. The third-order valence-corrected chi connectivity index (χ3v) is 3.83. The van der Waals surface area contributed by atoms with Crippen LogP contribution in [0.1, 0.15) is 12.0 Å². The molecule has 1 aliphatic rings. The first-order chi connectivity index (χ1) is 10.4. The molecule has 0 bridgehead atoms. The van der Waals surface area contributed by atoms with E-state index in [0.717, 1.165) is 12.0 Å². The fraction of sp³-hybridized carbons (Fsp3) is 0.500. The summed E-state index contributed by atoms with van der Waals surface area (Å²) < 4.78 is 0. The Morgan fingerprint density at radius 1 is 1.45 bits per heavy atom. The molecule has 1 N–H and O–H groups in total. The highest BCUT2D eigenvalue weighted by Gasteiger charge is 2.30. The van der Waals surface area contributed by atoms with Crippen LogP contribution in [0, 0.1) is 0 Å². The smallest absolute Gasteiger partial charge is 0.234 e. The Bertz CT molecular complexity index is 548. The number of carbonyl (C=O) groups excluding carboxylic acids is 2. The molecule has 1 heterocycles. The number of hydrogen-bond donors (Lipinski definition) is 1. The Balaban J connectivity index is 1.81. The van der Waals surface area contributed by atoms with Gasteiger partial charge in [0.1, 0.15) is 0 Å². The molecular formula is C16H22ClN3O2. The Morgan fingerprint density at radius 2 is 2.23 bits per heavy atom. The zero-order chi connectivity index (χ0) is 16.1. The van der Waals surface area contributed by atoms with Crippen molar-refractivity contribution in [2.75, 3.05) is 33.7 Å². The van der Waals surface area contributed by atoms with Crippen molar-refractivity contribution in [3.63, 3.8) is 0 Å². The van der Waals surface area contributed by atoms with Crippen LogP contribution >= 0.6 is 11.6 Å². The van der Waals surface area contributed by atoms with Gasteiger partial charge in [-0.1, -0.05) is 23.7 Å². The number of carbonyl (C=O) groups is 2. The fourth-order valence-corrected chi connectivity index (χ4v) is 2.81. The van der Waals surface area contributed by atoms with E-state index in [1.165, 1.54) is 0 Å². The largest absolute Gasteiger partial charge is 0.350 e. The van der Waals surface area contributed by atoms with Gasteiger partial charge in [-0.2, -0.15) is 0 Å². The highest BCUT2D eigenvalue weighted by Crippen LogP contribution is 2.15. The van der Waals surface area contributed by atoms with E-state index < -0.39 is 0 Å². The van der Waals surface area contributed by atoms with Gasteiger partial charge in [-0.25, -0.2) is 0 Å². The summed E-state index contributed by atoms with van der Waals surface area (Å²) in [4.78, 5) is 27.4. The van der Waals surface area contributed by atoms with E-state index in [1.54, 1.807) is 0 Å². The van der Waals surface area contributed by atoms with Crippen molar-refractivity contribution < 1.29 is 9.59 Å². The molecule has 5 nitrogen and oxygen atoms in total. The molecular weight excluding hydrogens is 302 g/mol. The standard InChI is InChI=1S/C16H22ClN3O2/c1-19(2)11-15(21)18-14-9-16(22)20(10-14)7-6-12-4-3-5-13(17)8-12/h3-5,8,14H,6-7,9-11H2,1-2H3,(H,18,21). The molecule has 22 heavy (non-hydrogen) atoms. The van der Waals surface area contributed by atoms with Gasteiger partial charge in [0.05, 0.1) is 12.6 Å². The molecule has 0 spiro atoms. The third-order valence-electron chi connectivity index (χ3n) is 3.60. The van der Waals surface area contributed by atoms with Crippen LogP contribution < -0.4 is 5.32 Å². The number of likely N-dealkylation sites (tertiary alicyclic amines) is 1. The van der Waals surface area contributed by atoms with Crippen LogP contribution in [0.2, 0.25) is 5.02 Å². The van der Waals surface area contributed by atoms with Crippen molar-refractivity contribution in [2.45, 2.75) is 18.9 Å². The van der Waals surface area contributed by atoms with Gasteiger partial charge in [0, 0.05) is 24.5 Å². The molecule has 1 aromatic carbocycles. The molecule has 0 radical (unpaired) electrons. The predicted octanol–water partition coefficient (Wildman–Crippen LogP) is 1.16. The lowest BCUT2D eigenvalue weighted by Crippen LogP contribution is -2.41. The quantitative estimate of drug-likeness (QED) is 0.855. The van der Waals surface area contributed by atoms with E-state index >= 15 is 0 Å². The van der Waals surface area contributed by atoms with E-state index in [9.17, 15) is 9.59 Å². The molecule has 1 fully saturated rings. The van der Waals surface area contributed by atoms with Crippen molar-refractivity contribution in [1.82, 2.24) is 15.1 Å². The van der Waals surface area contributed by atoms with Crippen LogP contribution in [0.3, 0.4) is 0 Å². The number of nitrogens with zero attached hydrogens (tertiary/aromatic N) is 2. The molecule has 1 saturated heterocycles. The summed E-state index contributed by atoms with van der Waals surface area (Å²) in [5, 5.41) is 3.62. The lowest BCUT2D eigenvalue weighted by Gasteiger charge is -2.18. The predicted molar refractivity (Wildman–Crippen MR) is 86.8 cm³/mol. The lowest BCUT2D eigenvalue weighted by molar-refractivity contribution is -0.127. The maximum Gasteiger partial charge on any atom is 0.234 e. The zero-order valence-electron chi connectivity index (χ0n) is 13.0. The Kier molecular flexibility index (Phi) is 5.80. The highest BCUT2D eigenvalue weighted by atomic mass is 35.5. The van der Waals surface area contributed by atoms with Gasteiger partial charge in [-0.3, -0.25) is 9.59 Å². The first-order valence-electron chi connectivity index (χ1n) is 7.40. The van der Waals surface area contributed by atoms with E-state index in [0.29, 0.717) is 31.1 Å². The summed E-state index contributed by atoms with van der Waals surface area (Å²) in [6.07, 6.45) is 1.15. The maximum absolute atomic E-state index is 12.0. The minimum atomic E-state index is -0.0840. The van der Waals surface area contributed by atoms with E-state index in [1.807, 2.05) is 48.2 Å². The average Bonchev–Trinajstić information content (AvgIpc) is 2.75. The minimum Gasteiger partial charge on any atom is -0.350 e. The summed E-state index contributed by atoms with van der Waals surface area (Å²) in [6.45, 7) is 1.57. The topological polar surface area (TPSA) is 52.7 Å². The maximum atomic E-state index is 12.0. The van der Waals surface area contributed by atoms with Crippen molar-refractivity contribution in [1.29, 1.82) is 0 Å². The van der Waals surface area contributed by atoms with Gasteiger partial charge in [0.2, 0.25) is 11.8 Å². The van der Waals surface area contributed by atoms with Gasteiger partial charge in [-0.15, -0.1) is 0 Å². The first kappa shape index (κ1) is 16.8. The normalized spacial score (nSPS) is 18.1. The van der Waals surface area contributed by atoms with E-state index in [4.69, 9.17) is 11.6 Å². The first-order valence-corrected chi connectivity index (χ1v) is 7.78. The van der Waals surface area contributed by atoms with Crippen LogP contribution in [0.25, 0.3) is 0 Å². The number of amides is 2. The third kappa shape index (κ3) is 5.00. The number of hydrogen-bond acceptors (Lipinski definition) is 3. The number of halogens is 1. The van der Waals surface area contributed by atoms with Crippen LogP contribution in [0.5, 0.6) is 0 Å². The SMILES string of the molecule is CN(C)CC(=O)NC1CC(=O)N(CCc2cccc(Cl)c2)C1. The molecule has 120 valence electrons. The van der Waals surface area contributed by atoms with Crippen LogP contribution in [-0.4, -0.2) is 61.4 Å². The molecule has 0 aliphatic carbocycles. The van der Waals surface area contributed by atoms with Crippen molar-refractivity contribution >= 4 is 23.4 Å².